The van der Waals surface area contributed by atoms with Crippen molar-refractivity contribution in [1.29, 1.82) is 0 Å². The summed E-state index contributed by atoms with van der Waals surface area (Å²) in [5.41, 5.74) is 6.70. The number of hydrogen-bond donors (Lipinski definition) is 2. The van der Waals surface area contributed by atoms with Gasteiger partial charge in [0.1, 0.15) is 23.8 Å². The molecule has 0 amide bonds. The standard InChI is InChI=1S/C27H25N5O3/c1-16-15-35-25-8-7-21(10-23(16)25)24-11-26(31-18(3)30-24)29-17(2)19-5-4-6-20(9-19)22-12-28-32(13-22)14-27(33)34/h4-13,15,17H,14H2,1-3H3,(H,33,34)(H,29,30,31)/t17-/m0/s1. The predicted molar refractivity (Wildman–Crippen MR) is 134 cm³/mol. The Balaban J connectivity index is 1.39. The van der Waals surface area contributed by atoms with Crippen LogP contribution in [0.25, 0.3) is 33.4 Å². The zero-order valence-electron chi connectivity index (χ0n) is 19.7. The number of furan rings is 1. The average Bonchev–Trinajstić information content (AvgIpc) is 3.45. The monoisotopic (exact) mass is 467 g/mol. The molecule has 2 aromatic carbocycles. The summed E-state index contributed by atoms with van der Waals surface area (Å²) in [4.78, 5) is 20.2. The summed E-state index contributed by atoms with van der Waals surface area (Å²) in [6.07, 6.45) is 5.18. The van der Waals surface area contributed by atoms with Gasteiger partial charge in [-0.1, -0.05) is 18.2 Å². The minimum absolute atomic E-state index is 0.0234. The van der Waals surface area contributed by atoms with E-state index < -0.39 is 5.97 Å². The van der Waals surface area contributed by atoms with E-state index in [1.54, 1.807) is 18.7 Å². The molecule has 2 N–H and O–H groups in total. The number of carboxylic acids is 1. The van der Waals surface area contributed by atoms with E-state index in [2.05, 4.69) is 39.4 Å². The fourth-order valence-electron chi connectivity index (χ4n) is 4.14. The molecule has 0 spiro atoms. The summed E-state index contributed by atoms with van der Waals surface area (Å²) in [5, 5.41) is 17.7. The highest BCUT2D eigenvalue weighted by atomic mass is 16.4. The van der Waals surface area contributed by atoms with E-state index in [1.807, 2.05) is 50.2 Å². The Morgan fingerprint density at radius 3 is 2.77 bits per heavy atom. The molecule has 0 saturated carbocycles. The number of benzene rings is 2. The van der Waals surface area contributed by atoms with Gasteiger partial charge in [-0.25, -0.2) is 9.97 Å². The molecule has 0 aliphatic heterocycles. The zero-order valence-corrected chi connectivity index (χ0v) is 19.7. The van der Waals surface area contributed by atoms with Crippen LogP contribution in [0.4, 0.5) is 5.82 Å². The molecule has 0 fully saturated rings. The Labute approximate surface area is 202 Å². The van der Waals surface area contributed by atoms with Gasteiger partial charge in [-0.3, -0.25) is 9.48 Å². The largest absolute Gasteiger partial charge is 0.480 e. The maximum absolute atomic E-state index is 10.9. The Kier molecular flexibility index (Phi) is 5.78. The number of hydrogen-bond acceptors (Lipinski definition) is 6. The molecule has 5 aromatic rings. The van der Waals surface area contributed by atoms with Gasteiger partial charge in [0.15, 0.2) is 0 Å². The van der Waals surface area contributed by atoms with Gasteiger partial charge >= 0.3 is 5.97 Å². The summed E-state index contributed by atoms with van der Waals surface area (Å²) in [7, 11) is 0. The molecule has 35 heavy (non-hydrogen) atoms. The minimum atomic E-state index is -0.925. The van der Waals surface area contributed by atoms with Crippen molar-refractivity contribution < 1.29 is 14.3 Å². The molecular formula is C27H25N5O3. The lowest BCUT2D eigenvalue weighted by Crippen LogP contribution is -2.09. The molecule has 0 unspecified atom stereocenters. The van der Waals surface area contributed by atoms with Crippen molar-refractivity contribution >= 4 is 22.8 Å². The molecule has 0 saturated heterocycles. The minimum Gasteiger partial charge on any atom is -0.480 e. The number of nitrogens with one attached hydrogen (secondary N) is 1. The summed E-state index contributed by atoms with van der Waals surface area (Å²) < 4.78 is 6.99. The van der Waals surface area contributed by atoms with Gasteiger partial charge in [0.25, 0.3) is 0 Å². The third-order valence-corrected chi connectivity index (χ3v) is 5.92. The van der Waals surface area contributed by atoms with Crippen molar-refractivity contribution in [3.8, 4) is 22.4 Å². The summed E-state index contributed by atoms with van der Waals surface area (Å²) in [6.45, 7) is 5.82. The molecule has 8 heteroatoms. The quantitative estimate of drug-likeness (QED) is 0.320. The number of fused-ring (bicyclic) bond motifs is 1. The number of carboxylic acid groups (broad SMARTS) is 1. The molecule has 0 aliphatic carbocycles. The average molecular weight is 468 g/mol. The van der Waals surface area contributed by atoms with Gasteiger partial charge in [0.05, 0.1) is 18.2 Å². The highest BCUT2D eigenvalue weighted by molar-refractivity contribution is 5.85. The molecule has 0 radical (unpaired) electrons. The Bertz CT molecular complexity index is 1540. The Hall–Kier alpha value is -4.46. The Morgan fingerprint density at radius 1 is 1.09 bits per heavy atom. The van der Waals surface area contributed by atoms with Crippen LogP contribution in [0.3, 0.4) is 0 Å². The highest BCUT2D eigenvalue weighted by Crippen LogP contribution is 2.29. The first kappa shape index (κ1) is 22.3. The molecular weight excluding hydrogens is 442 g/mol. The van der Waals surface area contributed by atoms with Crippen molar-refractivity contribution in [3.05, 3.63) is 84.1 Å². The molecule has 1 atom stereocenters. The van der Waals surface area contributed by atoms with Gasteiger partial charge in [-0.15, -0.1) is 0 Å². The van der Waals surface area contributed by atoms with Crippen LogP contribution in [-0.4, -0.2) is 30.8 Å². The highest BCUT2D eigenvalue weighted by Gasteiger charge is 2.12. The first-order chi connectivity index (χ1) is 16.9. The first-order valence-corrected chi connectivity index (χ1v) is 11.3. The van der Waals surface area contributed by atoms with Crippen molar-refractivity contribution in [2.45, 2.75) is 33.4 Å². The van der Waals surface area contributed by atoms with Gasteiger partial charge in [-0.2, -0.15) is 5.10 Å². The van der Waals surface area contributed by atoms with Crippen LogP contribution in [0.5, 0.6) is 0 Å². The fraction of sp³-hybridized carbons (Fsp3) is 0.185. The van der Waals surface area contributed by atoms with Gasteiger partial charge in [-0.05, 0) is 61.7 Å². The summed E-state index contributed by atoms with van der Waals surface area (Å²) >= 11 is 0. The van der Waals surface area contributed by atoms with Crippen molar-refractivity contribution in [2.24, 2.45) is 0 Å². The number of aromatic nitrogens is 4. The van der Waals surface area contributed by atoms with E-state index in [4.69, 9.17) is 9.52 Å². The zero-order chi connectivity index (χ0) is 24.5. The number of carbonyl (C=O) groups is 1. The summed E-state index contributed by atoms with van der Waals surface area (Å²) in [5.74, 6) is 0.495. The third kappa shape index (κ3) is 4.77. The molecule has 8 nitrogen and oxygen atoms in total. The predicted octanol–water partition coefficient (Wildman–Crippen LogP) is 5.63. The maximum Gasteiger partial charge on any atom is 0.325 e. The van der Waals surface area contributed by atoms with Crippen LogP contribution in [0.15, 0.2) is 71.6 Å². The van der Waals surface area contributed by atoms with E-state index >= 15 is 0 Å². The SMILES string of the molecule is Cc1nc(N[C@@H](C)c2cccc(-c3cnn(CC(=O)O)c3)c2)cc(-c2ccc3occ(C)c3c2)n1. The molecule has 3 heterocycles. The molecule has 176 valence electrons. The van der Waals surface area contributed by atoms with Crippen LogP contribution in [0.2, 0.25) is 0 Å². The van der Waals surface area contributed by atoms with Crippen molar-refractivity contribution in [2.75, 3.05) is 5.32 Å². The second-order valence-corrected chi connectivity index (χ2v) is 8.63. The molecule has 0 bridgehead atoms. The molecule has 3 aromatic heterocycles. The summed E-state index contributed by atoms with van der Waals surface area (Å²) in [6, 6.07) is 16.1. The van der Waals surface area contributed by atoms with Crippen LogP contribution in [-0.2, 0) is 11.3 Å². The molecule has 5 rings (SSSR count). The second-order valence-electron chi connectivity index (χ2n) is 8.63. The van der Waals surface area contributed by atoms with Crippen LogP contribution in [0, 0.1) is 13.8 Å². The van der Waals surface area contributed by atoms with Gasteiger partial charge in [0.2, 0.25) is 0 Å². The van der Waals surface area contributed by atoms with Crippen molar-refractivity contribution in [3.63, 3.8) is 0 Å². The first-order valence-electron chi connectivity index (χ1n) is 11.3. The lowest BCUT2D eigenvalue weighted by atomic mass is 10.0. The maximum atomic E-state index is 10.9. The van der Waals surface area contributed by atoms with E-state index in [1.165, 1.54) is 4.68 Å². The van der Waals surface area contributed by atoms with Gasteiger partial charge in [0, 0.05) is 34.8 Å². The number of nitrogens with zero attached hydrogens (tertiary/aromatic N) is 4. The lowest BCUT2D eigenvalue weighted by Gasteiger charge is -2.17. The van der Waals surface area contributed by atoms with E-state index in [-0.39, 0.29) is 12.6 Å². The van der Waals surface area contributed by atoms with Gasteiger partial charge < -0.3 is 14.8 Å². The lowest BCUT2D eigenvalue weighted by molar-refractivity contribution is -0.137. The number of rotatable bonds is 7. The van der Waals surface area contributed by atoms with Crippen molar-refractivity contribution in [1.82, 2.24) is 19.7 Å². The number of anilines is 1. The third-order valence-electron chi connectivity index (χ3n) is 5.92. The Morgan fingerprint density at radius 2 is 1.94 bits per heavy atom. The van der Waals surface area contributed by atoms with E-state index in [0.717, 1.165) is 50.3 Å². The topological polar surface area (TPSA) is 106 Å². The smallest absolute Gasteiger partial charge is 0.325 e. The van der Waals surface area contributed by atoms with Crippen LogP contribution < -0.4 is 5.32 Å². The van der Waals surface area contributed by atoms with E-state index in [0.29, 0.717) is 5.82 Å². The fourth-order valence-corrected chi connectivity index (χ4v) is 4.14. The van der Waals surface area contributed by atoms with Crippen LogP contribution >= 0.6 is 0 Å². The normalized spacial score (nSPS) is 12.1. The van der Waals surface area contributed by atoms with E-state index in [9.17, 15) is 4.79 Å². The number of aryl methyl sites for hydroxylation is 2. The van der Waals surface area contributed by atoms with Crippen LogP contribution in [0.1, 0.15) is 29.9 Å². The number of aliphatic carboxylic acids is 1. The second kappa shape index (κ2) is 9.06. The molecule has 0 aliphatic rings.